The summed E-state index contributed by atoms with van der Waals surface area (Å²) >= 11 is 0. The zero-order valence-corrected chi connectivity index (χ0v) is 17.9. The molecule has 184 valence electrons. The molecule has 1 N–H and O–H groups in total. The highest BCUT2D eigenvalue weighted by Gasteiger charge is 2.31. The summed E-state index contributed by atoms with van der Waals surface area (Å²) in [5, 5.41) is 13.9. The quantitative estimate of drug-likeness (QED) is 0.261. The molecule has 0 spiro atoms. The molecule has 36 heavy (non-hydrogen) atoms. The molecule has 0 unspecified atom stereocenters. The summed E-state index contributed by atoms with van der Waals surface area (Å²) in [5.74, 6) is -1.43. The largest absolute Gasteiger partial charge is 0.478 e. The van der Waals surface area contributed by atoms with Crippen molar-refractivity contribution in [1.29, 1.82) is 0 Å². The zero-order valence-electron chi connectivity index (χ0n) is 17.9. The Labute approximate surface area is 199 Å². The Kier molecular flexibility index (Phi) is 6.35. The minimum Gasteiger partial charge on any atom is -0.478 e. The fraction of sp³-hybridized carbons (Fsp3) is 0.0833. The molecule has 2 aromatic heterocycles. The second-order valence-corrected chi connectivity index (χ2v) is 7.44. The van der Waals surface area contributed by atoms with Crippen LogP contribution in [0.25, 0.3) is 34.5 Å². The van der Waals surface area contributed by atoms with E-state index in [1.807, 2.05) is 0 Å². The lowest BCUT2D eigenvalue weighted by molar-refractivity contribution is -0.138. The van der Waals surface area contributed by atoms with Gasteiger partial charge in [-0.05, 0) is 30.3 Å². The first-order valence-corrected chi connectivity index (χ1v) is 10.1. The number of carbonyl (C=O) groups is 1. The van der Waals surface area contributed by atoms with Crippen LogP contribution in [-0.4, -0.2) is 30.8 Å². The predicted octanol–water partition coefficient (Wildman–Crippen LogP) is 6.13. The summed E-state index contributed by atoms with van der Waals surface area (Å²) in [5.41, 5.74) is -1.48. The van der Waals surface area contributed by atoms with Crippen molar-refractivity contribution < 1.29 is 36.2 Å². The van der Waals surface area contributed by atoms with Gasteiger partial charge in [-0.15, -0.1) is 5.10 Å². The molecular weight excluding hydrogens is 490 g/mol. The van der Waals surface area contributed by atoms with Crippen LogP contribution in [0.3, 0.4) is 0 Å². The Hall–Kier alpha value is -4.48. The molecular formula is C24H14F6N4O2. The number of alkyl halides is 6. The van der Waals surface area contributed by atoms with Crippen LogP contribution in [0.15, 0.2) is 73.1 Å². The summed E-state index contributed by atoms with van der Waals surface area (Å²) in [6.07, 6.45) is -5.29. The highest BCUT2D eigenvalue weighted by molar-refractivity contribution is 6.19. The lowest BCUT2D eigenvalue weighted by Gasteiger charge is -2.08. The number of rotatable bonds is 5. The van der Waals surface area contributed by atoms with E-state index in [1.165, 1.54) is 24.5 Å². The third-order valence-corrected chi connectivity index (χ3v) is 5.03. The number of carboxylic acids is 1. The molecule has 0 bridgehead atoms. The van der Waals surface area contributed by atoms with Crippen LogP contribution in [0.5, 0.6) is 0 Å². The van der Waals surface area contributed by atoms with E-state index in [-0.39, 0.29) is 33.9 Å². The van der Waals surface area contributed by atoms with Crippen molar-refractivity contribution in [3.8, 4) is 22.8 Å². The van der Waals surface area contributed by atoms with Crippen LogP contribution in [0.1, 0.15) is 16.7 Å². The Morgan fingerprint density at radius 3 is 1.86 bits per heavy atom. The standard InChI is InChI=1S/C24H14F6N4O2/c25-23(26,27)17-7-3-14(4-8-17)20-32-21(15-5-9-18(10-6-15)24(28,29)30)34(33-20)13-19(22(35)36)16-2-1-11-31-12-16/h1-13H,(H,35,36)/b19-13+. The lowest BCUT2D eigenvalue weighted by atomic mass is 10.1. The highest BCUT2D eigenvalue weighted by atomic mass is 19.4. The van der Waals surface area contributed by atoms with Gasteiger partial charge >= 0.3 is 18.3 Å². The Balaban J connectivity index is 1.86. The van der Waals surface area contributed by atoms with E-state index < -0.39 is 29.4 Å². The second kappa shape index (κ2) is 9.29. The number of nitrogens with zero attached hydrogens (tertiary/aromatic N) is 4. The smallest absolute Gasteiger partial charge is 0.416 e. The number of hydrogen-bond donors (Lipinski definition) is 1. The first-order valence-electron chi connectivity index (χ1n) is 10.1. The number of aliphatic carboxylic acids is 1. The molecule has 0 atom stereocenters. The molecule has 0 aliphatic heterocycles. The maximum atomic E-state index is 13.0. The van der Waals surface area contributed by atoms with Crippen LogP contribution in [0.2, 0.25) is 0 Å². The first kappa shape index (κ1) is 24.6. The number of aromatic nitrogens is 4. The zero-order chi connectivity index (χ0) is 26.1. The summed E-state index contributed by atoms with van der Waals surface area (Å²) in [4.78, 5) is 20.1. The lowest BCUT2D eigenvalue weighted by Crippen LogP contribution is -2.05. The van der Waals surface area contributed by atoms with Gasteiger partial charge in [0.1, 0.15) is 0 Å². The first-order chi connectivity index (χ1) is 16.9. The average molecular weight is 504 g/mol. The number of benzene rings is 2. The third-order valence-electron chi connectivity index (χ3n) is 5.03. The van der Waals surface area contributed by atoms with Gasteiger partial charge in [0.05, 0.1) is 16.7 Å². The molecule has 4 aromatic rings. The SMILES string of the molecule is O=C(O)/C(=C/n1nc(-c2ccc(C(F)(F)F)cc2)nc1-c1ccc(C(F)(F)F)cc1)c1cccnc1. The van der Waals surface area contributed by atoms with E-state index in [2.05, 4.69) is 15.1 Å². The van der Waals surface area contributed by atoms with Crippen LogP contribution in [0.4, 0.5) is 26.3 Å². The molecule has 0 saturated carbocycles. The van der Waals surface area contributed by atoms with Crippen molar-refractivity contribution in [3.63, 3.8) is 0 Å². The van der Waals surface area contributed by atoms with Crippen LogP contribution in [-0.2, 0) is 17.1 Å². The summed E-state index contributed by atoms with van der Waals surface area (Å²) < 4.78 is 78.8. The average Bonchev–Trinajstić information content (AvgIpc) is 3.26. The van der Waals surface area contributed by atoms with Crippen molar-refractivity contribution in [2.45, 2.75) is 12.4 Å². The molecule has 4 rings (SSSR count). The Morgan fingerprint density at radius 2 is 1.39 bits per heavy atom. The van der Waals surface area contributed by atoms with Crippen molar-refractivity contribution in [2.24, 2.45) is 0 Å². The molecule has 6 nitrogen and oxygen atoms in total. The van der Waals surface area contributed by atoms with E-state index in [0.717, 1.165) is 59.4 Å². The second-order valence-electron chi connectivity index (χ2n) is 7.44. The van der Waals surface area contributed by atoms with E-state index in [1.54, 1.807) is 0 Å². The van der Waals surface area contributed by atoms with Gasteiger partial charge in [0.15, 0.2) is 11.6 Å². The van der Waals surface area contributed by atoms with Gasteiger partial charge in [-0.2, -0.15) is 26.3 Å². The van der Waals surface area contributed by atoms with Crippen LogP contribution < -0.4 is 0 Å². The van der Waals surface area contributed by atoms with Crippen molar-refractivity contribution in [1.82, 2.24) is 19.7 Å². The summed E-state index contributed by atoms with van der Waals surface area (Å²) in [6, 6.07) is 10.9. The van der Waals surface area contributed by atoms with E-state index in [9.17, 15) is 36.2 Å². The van der Waals surface area contributed by atoms with Gasteiger partial charge in [-0.3, -0.25) is 4.98 Å². The Morgan fingerprint density at radius 1 is 0.833 bits per heavy atom. The number of hydrogen-bond acceptors (Lipinski definition) is 4. The van der Waals surface area contributed by atoms with E-state index in [4.69, 9.17) is 0 Å². The molecule has 0 amide bonds. The molecule has 0 fully saturated rings. The van der Waals surface area contributed by atoms with Crippen LogP contribution in [0, 0.1) is 0 Å². The fourth-order valence-electron chi connectivity index (χ4n) is 3.25. The minimum absolute atomic E-state index is 0.0266. The van der Waals surface area contributed by atoms with Gasteiger partial charge in [-0.25, -0.2) is 14.5 Å². The van der Waals surface area contributed by atoms with Crippen molar-refractivity contribution in [3.05, 3.63) is 89.7 Å². The van der Waals surface area contributed by atoms with Gasteiger partial charge in [-0.1, -0.05) is 30.3 Å². The molecule has 0 saturated heterocycles. The molecule has 12 heteroatoms. The van der Waals surface area contributed by atoms with Gasteiger partial charge in [0, 0.05) is 35.3 Å². The minimum atomic E-state index is -4.58. The third kappa shape index (κ3) is 5.27. The number of halogens is 6. The maximum Gasteiger partial charge on any atom is 0.416 e. The number of carboxylic acid groups (broad SMARTS) is 1. The van der Waals surface area contributed by atoms with E-state index in [0.29, 0.717) is 0 Å². The van der Waals surface area contributed by atoms with Gasteiger partial charge < -0.3 is 5.11 Å². The topological polar surface area (TPSA) is 80.9 Å². The number of pyridine rings is 1. The van der Waals surface area contributed by atoms with Gasteiger partial charge in [0.2, 0.25) is 0 Å². The molecule has 2 aromatic carbocycles. The molecule has 0 aliphatic carbocycles. The summed E-state index contributed by atoms with van der Waals surface area (Å²) in [7, 11) is 0. The normalized spacial score (nSPS) is 12.6. The monoisotopic (exact) mass is 504 g/mol. The van der Waals surface area contributed by atoms with Crippen molar-refractivity contribution in [2.75, 3.05) is 0 Å². The van der Waals surface area contributed by atoms with E-state index >= 15 is 0 Å². The van der Waals surface area contributed by atoms with Crippen molar-refractivity contribution >= 4 is 17.7 Å². The molecule has 2 heterocycles. The molecule has 0 radical (unpaired) electrons. The van der Waals surface area contributed by atoms with Crippen LogP contribution >= 0.6 is 0 Å². The molecule has 0 aliphatic rings. The maximum absolute atomic E-state index is 13.0. The fourth-order valence-corrected chi connectivity index (χ4v) is 3.25. The Bertz CT molecular complexity index is 1410. The van der Waals surface area contributed by atoms with Gasteiger partial charge in [0.25, 0.3) is 0 Å². The predicted molar refractivity (Wildman–Crippen MR) is 117 cm³/mol. The summed E-state index contributed by atoms with van der Waals surface area (Å²) in [6.45, 7) is 0. The highest BCUT2D eigenvalue weighted by Crippen LogP contribution is 2.33.